The molecule has 4 atom stereocenters. The molecule has 0 bridgehead atoms. The van der Waals surface area contributed by atoms with Gasteiger partial charge in [-0.15, -0.1) is 17.5 Å². The molecule has 3 N–H and O–H groups in total. The number of aliphatic hydroxyl groups is 2. The standard InChI is InChI=1S/C15H21N5O5.ClH/c1-8-3-12(18-25-8)15(23)16-11-4-9(13(21)14(11)22)5-20-6-10(7-24-2)17-19-20;/h3,6,9,11,13-14,21-22H,4-5,7H2,1-2H3,(H,16,23);1H/t9-,11-,13-,14+;/m1./s1. The predicted octanol–water partition coefficient (Wildman–Crippen LogP) is -0.317. The lowest BCUT2D eigenvalue weighted by molar-refractivity contribution is 0.00757. The second-order valence-electron chi connectivity index (χ2n) is 6.24. The number of nitrogens with one attached hydrogen (secondary N) is 1. The van der Waals surface area contributed by atoms with Gasteiger partial charge in [0.15, 0.2) is 5.69 Å². The van der Waals surface area contributed by atoms with Crippen molar-refractivity contribution in [2.75, 3.05) is 7.11 Å². The van der Waals surface area contributed by atoms with E-state index in [1.165, 1.54) is 6.07 Å². The summed E-state index contributed by atoms with van der Waals surface area (Å²) in [7, 11) is 1.57. The van der Waals surface area contributed by atoms with Crippen LogP contribution in [0.4, 0.5) is 0 Å². The molecular formula is C15H22ClN5O5. The van der Waals surface area contributed by atoms with Crippen molar-refractivity contribution in [1.29, 1.82) is 0 Å². The number of hydrogen-bond donors (Lipinski definition) is 3. The van der Waals surface area contributed by atoms with Crippen LogP contribution in [-0.4, -0.2) is 61.6 Å². The fraction of sp³-hybridized carbons (Fsp3) is 0.600. The highest BCUT2D eigenvalue weighted by Gasteiger charge is 2.42. The molecule has 144 valence electrons. The molecule has 0 aliphatic heterocycles. The summed E-state index contributed by atoms with van der Waals surface area (Å²) in [4.78, 5) is 12.1. The second kappa shape index (κ2) is 8.58. The molecule has 3 rings (SSSR count). The number of carbonyl (C=O) groups excluding carboxylic acids is 1. The molecule has 0 saturated heterocycles. The van der Waals surface area contributed by atoms with Gasteiger partial charge in [-0.2, -0.15) is 0 Å². The third-order valence-corrected chi connectivity index (χ3v) is 4.28. The zero-order chi connectivity index (χ0) is 18.0. The molecule has 26 heavy (non-hydrogen) atoms. The van der Waals surface area contributed by atoms with Crippen LogP contribution in [0.2, 0.25) is 0 Å². The Kier molecular flexibility index (Phi) is 6.70. The maximum absolute atomic E-state index is 12.1. The molecule has 1 fully saturated rings. The molecule has 2 aromatic heterocycles. The normalized spacial score (nSPS) is 25.1. The predicted molar refractivity (Wildman–Crippen MR) is 90.6 cm³/mol. The molecule has 0 radical (unpaired) electrons. The monoisotopic (exact) mass is 387 g/mol. The molecule has 2 aromatic rings. The van der Waals surface area contributed by atoms with E-state index in [-0.39, 0.29) is 24.0 Å². The lowest BCUT2D eigenvalue weighted by Crippen LogP contribution is -2.43. The highest BCUT2D eigenvalue weighted by molar-refractivity contribution is 5.92. The van der Waals surface area contributed by atoms with Crippen LogP contribution in [0.15, 0.2) is 16.8 Å². The summed E-state index contributed by atoms with van der Waals surface area (Å²) in [5, 5.41) is 34.8. The van der Waals surface area contributed by atoms with Gasteiger partial charge in [-0.25, -0.2) is 0 Å². The number of ether oxygens (including phenoxy) is 1. The SMILES string of the molecule is COCc1cn(C[C@H]2C[C@@H](NC(=O)c3cc(C)on3)[C@H](O)[C@@H]2O)nn1.Cl. The Morgan fingerprint density at radius 3 is 2.88 bits per heavy atom. The summed E-state index contributed by atoms with van der Waals surface area (Å²) in [6, 6.07) is 0.934. The quantitative estimate of drug-likeness (QED) is 0.613. The highest BCUT2D eigenvalue weighted by Crippen LogP contribution is 2.28. The highest BCUT2D eigenvalue weighted by atomic mass is 35.5. The summed E-state index contributed by atoms with van der Waals surface area (Å²) in [6.07, 6.45) is 0.0974. The molecular weight excluding hydrogens is 366 g/mol. The number of aliphatic hydroxyl groups excluding tert-OH is 2. The van der Waals surface area contributed by atoms with E-state index < -0.39 is 24.2 Å². The molecule has 1 aliphatic rings. The van der Waals surface area contributed by atoms with Crippen LogP contribution in [0.1, 0.15) is 28.4 Å². The number of methoxy groups -OCH3 is 1. The van der Waals surface area contributed by atoms with E-state index in [0.717, 1.165) is 0 Å². The molecule has 2 heterocycles. The Balaban J connectivity index is 0.00000243. The van der Waals surface area contributed by atoms with Gasteiger partial charge in [-0.1, -0.05) is 10.4 Å². The van der Waals surface area contributed by atoms with Gasteiger partial charge in [0, 0.05) is 25.6 Å². The van der Waals surface area contributed by atoms with Crippen LogP contribution < -0.4 is 5.32 Å². The summed E-state index contributed by atoms with van der Waals surface area (Å²) in [5.41, 5.74) is 0.824. The Morgan fingerprint density at radius 1 is 1.46 bits per heavy atom. The van der Waals surface area contributed by atoms with Crippen LogP contribution in [0.25, 0.3) is 0 Å². The fourth-order valence-corrected chi connectivity index (χ4v) is 3.05. The third-order valence-electron chi connectivity index (χ3n) is 4.28. The Labute approximate surface area is 155 Å². The first kappa shape index (κ1) is 20.3. The third kappa shape index (κ3) is 4.39. The molecule has 0 aromatic carbocycles. The number of nitrogens with zero attached hydrogens (tertiary/aromatic N) is 4. The Hall–Kier alpha value is -2.01. The fourth-order valence-electron chi connectivity index (χ4n) is 3.05. The van der Waals surface area contributed by atoms with Crippen LogP contribution in [-0.2, 0) is 17.9 Å². The van der Waals surface area contributed by atoms with Crippen molar-refractivity contribution in [3.05, 3.63) is 29.4 Å². The Bertz CT molecular complexity index is 736. The average molecular weight is 388 g/mol. The first-order valence-electron chi connectivity index (χ1n) is 7.96. The van der Waals surface area contributed by atoms with Gasteiger partial charge in [-0.05, 0) is 13.3 Å². The van der Waals surface area contributed by atoms with E-state index >= 15 is 0 Å². The molecule has 1 aliphatic carbocycles. The first-order valence-corrected chi connectivity index (χ1v) is 7.96. The van der Waals surface area contributed by atoms with E-state index in [1.807, 2.05) is 0 Å². The zero-order valence-corrected chi connectivity index (χ0v) is 15.2. The lowest BCUT2D eigenvalue weighted by atomic mass is 10.1. The van der Waals surface area contributed by atoms with E-state index in [9.17, 15) is 15.0 Å². The van der Waals surface area contributed by atoms with Crippen LogP contribution in [0, 0.1) is 12.8 Å². The number of rotatable bonds is 6. The summed E-state index contributed by atoms with van der Waals surface area (Å²) in [6.45, 7) is 2.42. The summed E-state index contributed by atoms with van der Waals surface area (Å²) < 4.78 is 11.5. The van der Waals surface area contributed by atoms with Gasteiger partial charge in [-0.3, -0.25) is 9.48 Å². The molecule has 11 heteroatoms. The largest absolute Gasteiger partial charge is 0.390 e. The van der Waals surface area contributed by atoms with Crippen LogP contribution in [0.3, 0.4) is 0 Å². The number of hydrogen-bond acceptors (Lipinski definition) is 8. The summed E-state index contributed by atoms with van der Waals surface area (Å²) >= 11 is 0. The minimum atomic E-state index is -1.07. The number of amides is 1. The maximum Gasteiger partial charge on any atom is 0.273 e. The van der Waals surface area contributed by atoms with Crippen molar-refractivity contribution in [3.63, 3.8) is 0 Å². The van der Waals surface area contributed by atoms with E-state index in [4.69, 9.17) is 9.26 Å². The smallest absolute Gasteiger partial charge is 0.273 e. The number of halogens is 1. The molecule has 1 saturated carbocycles. The van der Waals surface area contributed by atoms with Crippen LogP contribution in [0.5, 0.6) is 0 Å². The number of aromatic nitrogens is 4. The van der Waals surface area contributed by atoms with Crippen molar-refractivity contribution >= 4 is 18.3 Å². The number of carbonyl (C=O) groups is 1. The van der Waals surface area contributed by atoms with Gasteiger partial charge < -0.3 is 24.8 Å². The van der Waals surface area contributed by atoms with Crippen molar-refractivity contribution in [1.82, 2.24) is 25.5 Å². The van der Waals surface area contributed by atoms with Gasteiger partial charge in [0.05, 0.1) is 24.9 Å². The summed E-state index contributed by atoms with van der Waals surface area (Å²) in [5.74, 6) is -0.193. The maximum atomic E-state index is 12.1. The second-order valence-corrected chi connectivity index (χ2v) is 6.24. The minimum Gasteiger partial charge on any atom is -0.390 e. The van der Waals surface area contributed by atoms with Crippen molar-refractivity contribution in [2.45, 2.75) is 44.7 Å². The van der Waals surface area contributed by atoms with Gasteiger partial charge >= 0.3 is 0 Å². The average Bonchev–Trinajstić information content (AvgIpc) is 3.26. The van der Waals surface area contributed by atoms with Gasteiger partial charge in [0.1, 0.15) is 17.6 Å². The number of aryl methyl sites for hydroxylation is 1. The molecule has 0 spiro atoms. The Morgan fingerprint density at radius 2 is 2.23 bits per heavy atom. The zero-order valence-electron chi connectivity index (χ0n) is 14.4. The molecule has 0 unspecified atom stereocenters. The van der Waals surface area contributed by atoms with Crippen molar-refractivity contribution < 1.29 is 24.3 Å². The van der Waals surface area contributed by atoms with Gasteiger partial charge in [0.25, 0.3) is 5.91 Å². The van der Waals surface area contributed by atoms with Gasteiger partial charge in [0.2, 0.25) is 0 Å². The van der Waals surface area contributed by atoms with Crippen molar-refractivity contribution in [3.8, 4) is 0 Å². The molecule has 10 nitrogen and oxygen atoms in total. The van der Waals surface area contributed by atoms with Crippen molar-refractivity contribution in [2.24, 2.45) is 5.92 Å². The topological polar surface area (TPSA) is 136 Å². The van der Waals surface area contributed by atoms with E-state index in [2.05, 4.69) is 20.8 Å². The molecule has 1 amide bonds. The minimum absolute atomic E-state index is 0. The van der Waals surface area contributed by atoms with E-state index in [1.54, 1.807) is 24.9 Å². The van der Waals surface area contributed by atoms with Crippen LogP contribution >= 0.6 is 12.4 Å². The first-order chi connectivity index (χ1) is 12.0. The van der Waals surface area contributed by atoms with E-state index in [0.29, 0.717) is 31.0 Å². The lowest BCUT2D eigenvalue weighted by Gasteiger charge is -2.17.